The maximum Gasteiger partial charge on any atom is 0.274 e. The Morgan fingerprint density at radius 1 is 0.969 bits per heavy atom. The quantitative estimate of drug-likeness (QED) is 0.652. The number of aryl methyl sites for hydroxylation is 2. The van der Waals surface area contributed by atoms with Gasteiger partial charge in [0.05, 0.1) is 6.42 Å². The molecule has 0 spiro atoms. The number of nitrogens with one attached hydrogen (secondary N) is 1. The maximum absolute atomic E-state index is 13.0. The van der Waals surface area contributed by atoms with Crippen LogP contribution in [-0.4, -0.2) is 57.6 Å². The summed E-state index contributed by atoms with van der Waals surface area (Å²) < 4.78 is 1.55. The Kier molecular flexibility index (Phi) is 6.66. The van der Waals surface area contributed by atoms with Crippen molar-refractivity contribution in [2.45, 2.75) is 19.9 Å². The van der Waals surface area contributed by atoms with Gasteiger partial charge in [-0.05, 0) is 23.6 Å². The molecule has 1 aliphatic rings. The molecule has 0 bridgehead atoms. The van der Waals surface area contributed by atoms with E-state index in [-0.39, 0.29) is 18.2 Å². The van der Waals surface area contributed by atoms with Crippen molar-refractivity contribution in [2.75, 3.05) is 31.5 Å². The van der Waals surface area contributed by atoms with Gasteiger partial charge in [-0.15, -0.1) is 0 Å². The molecule has 1 saturated heterocycles. The molecule has 1 N–H and O–H groups in total. The number of carbonyl (C=O) groups excluding carboxylic acids is 2. The molecule has 1 aromatic heterocycles. The first-order chi connectivity index (χ1) is 15.5. The molecule has 3 aromatic rings. The van der Waals surface area contributed by atoms with Crippen molar-refractivity contribution >= 4 is 17.6 Å². The molecule has 0 unspecified atom stereocenters. The van der Waals surface area contributed by atoms with E-state index in [1.807, 2.05) is 35.2 Å². The molecule has 1 aliphatic heterocycles. The van der Waals surface area contributed by atoms with Crippen molar-refractivity contribution in [1.82, 2.24) is 19.6 Å². The van der Waals surface area contributed by atoms with Crippen LogP contribution in [0.1, 0.15) is 27.2 Å². The summed E-state index contributed by atoms with van der Waals surface area (Å²) in [5, 5.41) is 7.20. The lowest BCUT2D eigenvalue weighted by Crippen LogP contribution is -2.48. The number of amides is 2. The zero-order chi connectivity index (χ0) is 22.5. The summed E-state index contributed by atoms with van der Waals surface area (Å²) in [6, 6.07) is 19.6. The molecule has 7 nitrogen and oxygen atoms in total. The summed E-state index contributed by atoms with van der Waals surface area (Å²) in [6.45, 7) is 6.01. The van der Waals surface area contributed by atoms with Crippen molar-refractivity contribution < 1.29 is 9.59 Å². The van der Waals surface area contributed by atoms with Gasteiger partial charge in [0.1, 0.15) is 5.82 Å². The van der Waals surface area contributed by atoms with E-state index in [0.717, 1.165) is 25.2 Å². The van der Waals surface area contributed by atoms with Crippen LogP contribution in [0.3, 0.4) is 0 Å². The molecule has 32 heavy (non-hydrogen) atoms. The molecule has 4 rings (SSSR count). The number of piperazine rings is 1. The molecule has 2 amide bonds. The van der Waals surface area contributed by atoms with Gasteiger partial charge in [0.25, 0.3) is 5.91 Å². The Labute approximate surface area is 188 Å². The van der Waals surface area contributed by atoms with Crippen LogP contribution in [0.25, 0.3) is 0 Å². The zero-order valence-corrected chi connectivity index (χ0v) is 18.6. The highest BCUT2D eigenvalue weighted by atomic mass is 16.2. The number of aromatic nitrogens is 2. The molecule has 2 aromatic carbocycles. The molecular weight excluding hydrogens is 402 g/mol. The molecule has 7 heteroatoms. The van der Waals surface area contributed by atoms with Gasteiger partial charge in [-0.1, -0.05) is 54.6 Å². The minimum absolute atomic E-state index is 0.0975. The van der Waals surface area contributed by atoms with E-state index in [4.69, 9.17) is 0 Å². The minimum atomic E-state index is -0.136. The fourth-order valence-electron chi connectivity index (χ4n) is 3.96. The van der Waals surface area contributed by atoms with Gasteiger partial charge in [0, 0.05) is 45.8 Å². The van der Waals surface area contributed by atoms with E-state index in [1.54, 1.807) is 17.8 Å². The van der Waals surface area contributed by atoms with Gasteiger partial charge >= 0.3 is 0 Å². The highest BCUT2D eigenvalue weighted by molar-refractivity contribution is 5.96. The lowest BCUT2D eigenvalue weighted by atomic mass is 10.1. The Bertz CT molecular complexity index is 1080. The first kappa shape index (κ1) is 21.8. The second-order valence-electron chi connectivity index (χ2n) is 8.24. The molecular formula is C25H29N5O2. The average Bonchev–Trinajstić information content (AvgIpc) is 3.16. The van der Waals surface area contributed by atoms with Gasteiger partial charge in [-0.25, -0.2) is 0 Å². The van der Waals surface area contributed by atoms with Crippen LogP contribution in [0.4, 0.5) is 5.82 Å². The Morgan fingerprint density at radius 3 is 2.38 bits per heavy atom. The van der Waals surface area contributed by atoms with Crippen LogP contribution >= 0.6 is 0 Å². The van der Waals surface area contributed by atoms with Gasteiger partial charge in [0.15, 0.2) is 5.69 Å². The van der Waals surface area contributed by atoms with E-state index in [1.165, 1.54) is 11.1 Å². The van der Waals surface area contributed by atoms with Crippen molar-refractivity contribution in [2.24, 2.45) is 7.05 Å². The topological polar surface area (TPSA) is 70.5 Å². The third-order valence-electron chi connectivity index (χ3n) is 5.89. The third kappa shape index (κ3) is 5.23. The second kappa shape index (κ2) is 9.78. The largest absolute Gasteiger partial charge is 0.335 e. The number of anilines is 1. The maximum atomic E-state index is 13.0. The minimum Gasteiger partial charge on any atom is -0.335 e. The number of carbonyl (C=O) groups is 2. The van der Waals surface area contributed by atoms with Crippen LogP contribution in [-0.2, 0) is 24.8 Å². The van der Waals surface area contributed by atoms with Crippen LogP contribution < -0.4 is 5.32 Å². The van der Waals surface area contributed by atoms with Gasteiger partial charge in [-0.3, -0.25) is 19.2 Å². The fourth-order valence-corrected chi connectivity index (χ4v) is 3.96. The Balaban J connectivity index is 1.32. The average molecular weight is 432 g/mol. The van der Waals surface area contributed by atoms with E-state index >= 15 is 0 Å². The lowest BCUT2D eigenvalue weighted by Gasteiger charge is -2.34. The number of nitrogens with zero attached hydrogens (tertiary/aromatic N) is 4. The molecule has 0 saturated carbocycles. The summed E-state index contributed by atoms with van der Waals surface area (Å²) in [5.41, 5.74) is 3.91. The summed E-state index contributed by atoms with van der Waals surface area (Å²) >= 11 is 0. The van der Waals surface area contributed by atoms with E-state index in [2.05, 4.69) is 46.5 Å². The predicted molar refractivity (Wildman–Crippen MR) is 124 cm³/mol. The normalized spacial score (nSPS) is 14.4. The molecule has 166 valence electrons. The van der Waals surface area contributed by atoms with E-state index < -0.39 is 0 Å². The first-order valence-electron chi connectivity index (χ1n) is 10.9. The smallest absolute Gasteiger partial charge is 0.274 e. The van der Waals surface area contributed by atoms with Gasteiger partial charge in [-0.2, -0.15) is 5.10 Å². The fraction of sp³-hybridized carbons (Fsp3) is 0.320. The van der Waals surface area contributed by atoms with Crippen molar-refractivity contribution in [3.05, 3.63) is 83.0 Å². The van der Waals surface area contributed by atoms with Crippen LogP contribution in [0.15, 0.2) is 60.7 Å². The van der Waals surface area contributed by atoms with Crippen molar-refractivity contribution in [1.29, 1.82) is 0 Å². The highest BCUT2D eigenvalue weighted by Crippen LogP contribution is 2.16. The molecule has 1 fully saturated rings. The Morgan fingerprint density at radius 2 is 1.66 bits per heavy atom. The van der Waals surface area contributed by atoms with Crippen LogP contribution in [0, 0.1) is 6.92 Å². The summed E-state index contributed by atoms with van der Waals surface area (Å²) in [6.07, 6.45) is 0.276. The number of benzene rings is 2. The number of hydrogen-bond donors (Lipinski definition) is 1. The number of hydrogen-bond acceptors (Lipinski definition) is 4. The Hall–Kier alpha value is -3.45. The first-order valence-corrected chi connectivity index (χ1v) is 10.9. The second-order valence-corrected chi connectivity index (χ2v) is 8.24. The molecule has 0 radical (unpaired) electrons. The van der Waals surface area contributed by atoms with Crippen molar-refractivity contribution in [3.63, 3.8) is 0 Å². The summed E-state index contributed by atoms with van der Waals surface area (Å²) in [4.78, 5) is 29.6. The van der Waals surface area contributed by atoms with E-state index in [0.29, 0.717) is 24.6 Å². The monoisotopic (exact) mass is 431 g/mol. The highest BCUT2D eigenvalue weighted by Gasteiger charge is 2.25. The molecule has 0 atom stereocenters. The van der Waals surface area contributed by atoms with Gasteiger partial charge in [0.2, 0.25) is 5.91 Å². The van der Waals surface area contributed by atoms with Gasteiger partial charge < -0.3 is 10.2 Å². The lowest BCUT2D eigenvalue weighted by molar-refractivity contribution is -0.115. The zero-order valence-electron chi connectivity index (χ0n) is 18.6. The van der Waals surface area contributed by atoms with Crippen LogP contribution in [0.2, 0.25) is 0 Å². The van der Waals surface area contributed by atoms with Crippen molar-refractivity contribution in [3.8, 4) is 0 Å². The van der Waals surface area contributed by atoms with E-state index in [9.17, 15) is 9.59 Å². The standard InChI is InChI=1S/C25H29N5O2/c1-19-8-6-7-11-21(19)18-29-12-14-30(15-13-29)25(32)22-17-23(28(2)27-22)26-24(31)16-20-9-4-3-5-10-20/h3-11,17H,12-16,18H2,1-2H3,(H,26,31). The molecule has 0 aliphatic carbocycles. The third-order valence-corrected chi connectivity index (χ3v) is 5.89. The SMILES string of the molecule is Cc1ccccc1CN1CCN(C(=O)c2cc(NC(=O)Cc3ccccc3)n(C)n2)CC1. The molecule has 2 heterocycles. The summed E-state index contributed by atoms with van der Waals surface area (Å²) in [7, 11) is 1.73. The predicted octanol–water partition coefficient (Wildman–Crippen LogP) is 2.87. The van der Waals surface area contributed by atoms with Crippen LogP contribution in [0.5, 0.6) is 0 Å². The summed E-state index contributed by atoms with van der Waals surface area (Å²) in [5.74, 6) is 0.287. The number of rotatable bonds is 6.